The number of aromatic amines is 2. The number of aromatic nitrogens is 12. The van der Waals surface area contributed by atoms with Crippen LogP contribution in [-0.4, -0.2) is 155 Å². The summed E-state index contributed by atoms with van der Waals surface area (Å²) < 4.78 is 107. The van der Waals surface area contributed by atoms with E-state index in [4.69, 9.17) is 49.7 Å². The first kappa shape index (κ1) is 55.6. The number of phosphoric acid groups is 4. The number of imidazole rings is 3. The van der Waals surface area contributed by atoms with Crippen LogP contribution >= 0.6 is 31.3 Å². The zero-order chi connectivity index (χ0) is 55.2. The van der Waals surface area contributed by atoms with Crippen LogP contribution in [0.4, 0.5) is 17.7 Å². The number of aliphatic hydroxyl groups is 4. The van der Waals surface area contributed by atoms with Crippen molar-refractivity contribution in [2.75, 3.05) is 44.1 Å². The highest BCUT2D eigenvalue weighted by Crippen LogP contribution is 2.63. The third-order valence-electron chi connectivity index (χ3n) is 11.9. The van der Waals surface area contributed by atoms with Gasteiger partial charge in [-0.1, -0.05) is 4.98 Å². The molecular weight excluding hydrogens is 1110 g/mol. The maximum Gasteiger partial charge on any atom is 0.313 e. The van der Waals surface area contributed by atoms with Gasteiger partial charge in [-0.25, -0.2) is 33.1 Å². The van der Waals surface area contributed by atoms with Crippen LogP contribution in [0.15, 0.2) is 34.9 Å². The zero-order valence-electron chi connectivity index (χ0n) is 38.7. The topological polar surface area (TPSA) is 574 Å². The van der Waals surface area contributed by atoms with E-state index < -0.39 is 135 Å². The Morgan fingerprint density at radius 3 is 1.99 bits per heavy atom. The summed E-state index contributed by atoms with van der Waals surface area (Å²) in [6.07, 6.45) is -15.0. The van der Waals surface area contributed by atoms with Crippen LogP contribution in [0, 0.1) is 0 Å². The fraction of sp³-hybridized carbons (Fsp3) is 0.545. The van der Waals surface area contributed by atoms with Crippen LogP contribution in [-0.2, 0) is 71.0 Å². The lowest BCUT2D eigenvalue weighted by atomic mass is 9.96. The Morgan fingerprint density at radius 2 is 1.32 bits per heavy atom. The van der Waals surface area contributed by atoms with Crippen molar-refractivity contribution in [1.82, 2.24) is 53.6 Å². The van der Waals surface area contributed by atoms with E-state index in [0.717, 1.165) is 46.7 Å². The number of fused-ring (bicyclic) bond motifs is 3. The molecule has 0 amide bonds. The SMILES string of the molecule is COC1C(OP(=O)([O-])OCC2OC(n3cnc4c(=O)[nH]c(N)nc43)C(O)C2O)C(COP(=O)([O-])OP(=O)([O-])OP(=O)([O-])OCC2OC([n+]3cn(C)c4c(=O)[nH]c(N)nc43)C(C)(O)C2O)OC1n1cnc2c(N)ncnc21. The fourth-order valence-electron chi connectivity index (χ4n) is 8.53. The summed E-state index contributed by atoms with van der Waals surface area (Å²) in [6, 6.07) is 0. The summed E-state index contributed by atoms with van der Waals surface area (Å²) in [4.78, 5) is 105. The predicted octanol–water partition coefficient (Wildman–Crippen LogP) is -6.85. The van der Waals surface area contributed by atoms with Gasteiger partial charge in [0.25, 0.3) is 48.4 Å². The first-order valence-electron chi connectivity index (χ1n) is 21.5. The molecule has 16 atom stereocenters. The summed E-state index contributed by atoms with van der Waals surface area (Å²) in [5.41, 5.74) is 12.9. The van der Waals surface area contributed by atoms with Crippen LogP contribution in [0.25, 0.3) is 33.5 Å². The van der Waals surface area contributed by atoms with E-state index in [2.05, 4.69) is 53.0 Å². The van der Waals surface area contributed by atoms with Crippen molar-refractivity contribution in [3.63, 3.8) is 0 Å². The van der Waals surface area contributed by atoms with Crippen LogP contribution in [0.3, 0.4) is 0 Å². The highest BCUT2D eigenvalue weighted by molar-refractivity contribution is 7.65. The Kier molecular flexibility index (Phi) is 14.8. The maximum atomic E-state index is 13.5. The van der Waals surface area contributed by atoms with Gasteiger partial charge in [-0.15, -0.1) is 0 Å². The summed E-state index contributed by atoms with van der Waals surface area (Å²) in [5.74, 6) is -0.788. The van der Waals surface area contributed by atoms with Gasteiger partial charge in [0, 0.05) is 7.11 Å². The van der Waals surface area contributed by atoms with E-state index in [9.17, 15) is 67.8 Å². The molecule has 3 saturated heterocycles. The molecule has 12 N–H and O–H groups in total. The van der Waals surface area contributed by atoms with E-state index in [1.54, 1.807) is 0 Å². The molecule has 6 aromatic rings. The van der Waals surface area contributed by atoms with E-state index in [1.165, 1.54) is 17.9 Å². The van der Waals surface area contributed by atoms with Crippen molar-refractivity contribution in [3.8, 4) is 0 Å². The van der Waals surface area contributed by atoms with Crippen molar-refractivity contribution in [2.45, 2.75) is 80.0 Å². The molecule has 0 bridgehead atoms. The number of hydrogen-bond donors (Lipinski definition) is 9. The minimum atomic E-state index is -6.60. The average molecular weight is 1160 g/mol. The van der Waals surface area contributed by atoms with Gasteiger partial charge in [0.1, 0.15) is 66.3 Å². The van der Waals surface area contributed by atoms with Crippen molar-refractivity contribution in [3.05, 3.63) is 46.0 Å². The predicted molar refractivity (Wildman–Crippen MR) is 235 cm³/mol. The second-order valence-electron chi connectivity index (χ2n) is 17.0. The van der Waals surface area contributed by atoms with Gasteiger partial charge in [-0.3, -0.25) is 51.5 Å². The monoisotopic (exact) mass is 1160 g/mol. The van der Waals surface area contributed by atoms with Gasteiger partial charge in [-0.2, -0.15) is 4.98 Å². The first-order valence-corrected chi connectivity index (χ1v) is 27.3. The molecular formula is C33H42N15O24P4-3. The van der Waals surface area contributed by atoms with E-state index in [-0.39, 0.29) is 51.2 Å². The average Bonchev–Trinajstić information content (AvgIpc) is 4.16. The van der Waals surface area contributed by atoms with Crippen molar-refractivity contribution >= 4 is 82.5 Å². The minimum absolute atomic E-state index is 0.00917. The number of nitrogens with one attached hydrogen (secondary N) is 2. The molecule has 16 unspecified atom stereocenters. The largest absolute Gasteiger partial charge is 0.756 e. The highest BCUT2D eigenvalue weighted by atomic mass is 31.3. The van der Waals surface area contributed by atoms with E-state index >= 15 is 0 Å². The number of aryl methyl sites for hydroxylation is 1. The molecule has 39 nitrogen and oxygen atoms in total. The number of methoxy groups -OCH3 is 1. The number of aliphatic hydroxyl groups excluding tert-OH is 3. The van der Waals surface area contributed by atoms with E-state index in [1.807, 2.05) is 0 Å². The standard InChI is InChI=1S/C33H45N15O24P4/c1-33(54)21(51)13(69-30(33)48-10-45(2)16-25(48)42-32(36)44-27(16)53)6-66-75(59,60)72-76(61,62)71-74(57,58)65-5-12-19(20(63-3)29(68-12)46-8-39-14-22(34)37-7-38-23(14)46)70-73(55,56)64-4-11-17(49)18(50)28(67-11)47-9-40-15-24(47)41-31(35)43-26(15)52/h7-13,17-21,28-30,49-51,54H,4-6H2,1-3H3,(H11-,34,35,36,37,38,41,42,43,44,52,53,55,56,57,58,59,60,61,62)/p-3. The lowest BCUT2D eigenvalue weighted by molar-refractivity contribution is -0.752. The highest BCUT2D eigenvalue weighted by Gasteiger charge is 2.56. The molecule has 3 aliphatic rings. The van der Waals surface area contributed by atoms with Gasteiger partial charge in [-0.05, 0) is 6.92 Å². The first-order chi connectivity index (χ1) is 35.5. The van der Waals surface area contributed by atoms with E-state index in [0.29, 0.717) is 0 Å². The Balaban J connectivity index is 0.867. The number of nitrogen functional groups attached to an aromatic ring is 3. The number of phosphoric ester groups is 3. The van der Waals surface area contributed by atoms with Gasteiger partial charge in [0.05, 0.1) is 39.5 Å². The Labute approximate surface area is 421 Å². The third kappa shape index (κ3) is 10.7. The molecule has 0 spiro atoms. The normalized spacial score (nSPS) is 31.2. The number of nitrogens with two attached hydrogens (primary N) is 3. The molecule has 0 saturated carbocycles. The molecule has 0 aliphatic carbocycles. The number of rotatable bonds is 19. The summed E-state index contributed by atoms with van der Waals surface area (Å²) in [7, 11) is -22.4. The Bertz CT molecular complexity index is 3520. The summed E-state index contributed by atoms with van der Waals surface area (Å²) in [5, 5.41) is 43.8. The second-order valence-corrected chi connectivity index (χ2v) is 22.9. The maximum absolute atomic E-state index is 13.5. The fourth-order valence-corrected chi connectivity index (χ4v) is 12.9. The quantitative estimate of drug-likeness (QED) is 0.0269. The third-order valence-corrected chi connectivity index (χ3v) is 17.0. The molecule has 76 heavy (non-hydrogen) atoms. The molecule has 3 fully saturated rings. The number of ether oxygens (including phenoxy) is 4. The van der Waals surface area contributed by atoms with Crippen LogP contribution in [0.5, 0.6) is 0 Å². The Hall–Kier alpha value is -5.15. The van der Waals surface area contributed by atoms with Crippen LogP contribution < -0.4 is 52.5 Å². The van der Waals surface area contributed by atoms with Gasteiger partial charge in [0.2, 0.25) is 17.7 Å². The number of anilines is 3. The summed E-state index contributed by atoms with van der Waals surface area (Å²) in [6.45, 7) is -2.68. The molecule has 3 aliphatic heterocycles. The number of nitrogens with zero attached hydrogens (tertiary/aromatic N) is 10. The molecule has 0 aromatic carbocycles. The Morgan fingerprint density at radius 1 is 0.737 bits per heavy atom. The molecule has 416 valence electrons. The minimum Gasteiger partial charge on any atom is -0.756 e. The molecule has 9 rings (SSSR count). The molecule has 0 radical (unpaired) electrons. The van der Waals surface area contributed by atoms with Crippen molar-refractivity contribution in [2.24, 2.45) is 7.05 Å². The molecule has 43 heteroatoms. The lowest BCUT2D eigenvalue weighted by Gasteiger charge is -2.35. The van der Waals surface area contributed by atoms with Gasteiger partial charge < -0.3 is 94.2 Å². The van der Waals surface area contributed by atoms with Gasteiger partial charge in [0.15, 0.2) is 41.4 Å². The lowest BCUT2D eigenvalue weighted by Crippen LogP contribution is -2.53. The number of H-pyrrole nitrogens is 2. The zero-order valence-corrected chi connectivity index (χ0v) is 42.3. The van der Waals surface area contributed by atoms with Gasteiger partial charge >= 0.3 is 5.65 Å². The van der Waals surface area contributed by atoms with Crippen molar-refractivity contribution in [1.29, 1.82) is 0 Å². The second kappa shape index (κ2) is 20.3. The van der Waals surface area contributed by atoms with Crippen molar-refractivity contribution < 1.29 is 108 Å². The smallest absolute Gasteiger partial charge is 0.313 e. The van der Waals surface area contributed by atoms with Crippen LogP contribution in [0.2, 0.25) is 0 Å². The summed E-state index contributed by atoms with van der Waals surface area (Å²) >= 11 is 0. The number of hydrogen-bond acceptors (Lipinski definition) is 33. The molecule has 9 heterocycles. The molecule has 6 aromatic heterocycles. The van der Waals surface area contributed by atoms with Crippen LogP contribution in [0.1, 0.15) is 25.6 Å².